The summed E-state index contributed by atoms with van der Waals surface area (Å²) >= 11 is 0. The van der Waals surface area contributed by atoms with Crippen LogP contribution in [0.1, 0.15) is 37.7 Å². The zero-order valence-corrected chi connectivity index (χ0v) is 17.8. The van der Waals surface area contributed by atoms with E-state index in [-0.39, 0.29) is 15.8 Å². The maximum atomic E-state index is 12.9. The van der Waals surface area contributed by atoms with E-state index in [1.807, 2.05) is 6.92 Å². The summed E-state index contributed by atoms with van der Waals surface area (Å²) in [6, 6.07) is 12.4. The highest BCUT2D eigenvalue weighted by Crippen LogP contribution is 2.27. The highest BCUT2D eigenvalue weighted by Gasteiger charge is 2.29. The first-order chi connectivity index (χ1) is 13.2. The predicted octanol–water partition coefficient (Wildman–Crippen LogP) is 3.75. The first-order valence-corrected chi connectivity index (χ1v) is 12.3. The molecule has 8 heteroatoms. The van der Waals surface area contributed by atoms with Crippen LogP contribution < -0.4 is 4.72 Å². The second kappa shape index (κ2) is 8.23. The number of sulfonamides is 2. The van der Waals surface area contributed by atoms with E-state index in [0.29, 0.717) is 5.69 Å². The van der Waals surface area contributed by atoms with Crippen LogP contribution in [0.25, 0.3) is 0 Å². The number of hydrogen-bond acceptors (Lipinski definition) is 4. The molecule has 1 aliphatic rings. The number of aryl methyl sites for hydroxylation is 1. The molecule has 3 rings (SSSR count). The van der Waals surface area contributed by atoms with Crippen LogP contribution in [0.2, 0.25) is 0 Å². The van der Waals surface area contributed by atoms with Gasteiger partial charge in [-0.25, -0.2) is 16.8 Å². The van der Waals surface area contributed by atoms with Crippen molar-refractivity contribution in [3.63, 3.8) is 0 Å². The topological polar surface area (TPSA) is 83.5 Å². The number of nitrogens with one attached hydrogen (secondary N) is 1. The van der Waals surface area contributed by atoms with E-state index >= 15 is 0 Å². The molecule has 1 saturated carbocycles. The summed E-state index contributed by atoms with van der Waals surface area (Å²) in [5.41, 5.74) is 1.29. The molecule has 152 valence electrons. The van der Waals surface area contributed by atoms with Gasteiger partial charge in [-0.05, 0) is 56.2 Å². The second-order valence-corrected chi connectivity index (χ2v) is 10.9. The summed E-state index contributed by atoms with van der Waals surface area (Å²) in [6.07, 6.45) is 5.00. The molecule has 0 atom stereocenters. The van der Waals surface area contributed by atoms with Crippen molar-refractivity contribution >= 4 is 25.7 Å². The average molecular weight is 423 g/mol. The van der Waals surface area contributed by atoms with Gasteiger partial charge in [0.1, 0.15) is 0 Å². The van der Waals surface area contributed by atoms with Gasteiger partial charge in [-0.15, -0.1) is 0 Å². The molecule has 6 nitrogen and oxygen atoms in total. The molecule has 0 radical (unpaired) electrons. The largest absolute Gasteiger partial charge is 0.280 e. The Morgan fingerprint density at radius 1 is 0.821 bits per heavy atom. The van der Waals surface area contributed by atoms with Gasteiger partial charge in [0, 0.05) is 18.8 Å². The second-order valence-electron chi connectivity index (χ2n) is 7.26. The number of rotatable bonds is 6. The molecular formula is C20H26N2O4S2. The van der Waals surface area contributed by atoms with Crippen LogP contribution in [-0.4, -0.2) is 34.2 Å². The lowest BCUT2D eigenvalue weighted by Gasteiger charge is -2.30. The molecule has 0 bridgehead atoms. The van der Waals surface area contributed by atoms with Crippen LogP contribution >= 0.6 is 0 Å². The maximum absolute atomic E-state index is 12.9. The minimum absolute atomic E-state index is 0.0264. The summed E-state index contributed by atoms with van der Waals surface area (Å²) < 4.78 is 54.6. The average Bonchev–Trinajstić information content (AvgIpc) is 2.68. The van der Waals surface area contributed by atoms with Crippen molar-refractivity contribution in [3.8, 4) is 0 Å². The first-order valence-electron chi connectivity index (χ1n) is 9.38. The van der Waals surface area contributed by atoms with Crippen LogP contribution in [0.5, 0.6) is 0 Å². The summed E-state index contributed by atoms with van der Waals surface area (Å²) in [6.45, 7) is 1.88. The Labute approximate surface area is 167 Å². The number of benzene rings is 2. The summed E-state index contributed by atoms with van der Waals surface area (Å²) in [4.78, 5) is 0.325. The Kier molecular flexibility index (Phi) is 6.12. The van der Waals surface area contributed by atoms with E-state index in [1.54, 1.807) is 19.2 Å². The third kappa shape index (κ3) is 4.56. The van der Waals surface area contributed by atoms with Crippen molar-refractivity contribution in [1.82, 2.24) is 4.31 Å². The van der Waals surface area contributed by atoms with Gasteiger partial charge >= 0.3 is 0 Å². The number of anilines is 1. The molecule has 1 fully saturated rings. The molecule has 0 aliphatic heterocycles. The molecule has 2 aromatic carbocycles. The van der Waals surface area contributed by atoms with E-state index in [9.17, 15) is 16.8 Å². The fraction of sp³-hybridized carbons (Fsp3) is 0.400. The van der Waals surface area contributed by atoms with E-state index in [2.05, 4.69) is 4.72 Å². The molecule has 1 aliphatic carbocycles. The smallest absolute Gasteiger partial charge is 0.261 e. The highest BCUT2D eigenvalue weighted by atomic mass is 32.2. The summed E-state index contributed by atoms with van der Waals surface area (Å²) in [5, 5.41) is 0. The van der Waals surface area contributed by atoms with Crippen LogP contribution in [0.15, 0.2) is 58.3 Å². The number of nitrogens with zero attached hydrogens (tertiary/aromatic N) is 1. The van der Waals surface area contributed by atoms with Gasteiger partial charge in [-0.2, -0.15) is 4.31 Å². The lowest BCUT2D eigenvalue weighted by Crippen LogP contribution is -2.38. The van der Waals surface area contributed by atoms with Crippen LogP contribution in [-0.2, 0) is 20.0 Å². The van der Waals surface area contributed by atoms with Gasteiger partial charge in [0.15, 0.2) is 0 Å². The first kappa shape index (κ1) is 20.8. The van der Waals surface area contributed by atoms with Crippen molar-refractivity contribution in [2.24, 2.45) is 0 Å². The fourth-order valence-electron chi connectivity index (χ4n) is 3.43. The molecular weight excluding hydrogens is 396 g/mol. The zero-order chi connectivity index (χ0) is 20.4. The van der Waals surface area contributed by atoms with Gasteiger partial charge in [0.05, 0.1) is 9.79 Å². The monoisotopic (exact) mass is 422 g/mol. The van der Waals surface area contributed by atoms with Crippen molar-refractivity contribution in [2.75, 3.05) is 11.8 Å². The van der Waals surface area contributed by atoms with Crippen molar-refractivity contribution < 1.29 is 16.8 Å². The highest BCUT2D eigenvalue weighted by molar-refractivity contribution is 7.92. The Bertz CT molecular complexity index is 1010. The Balaban J connectivity index is 1.76. The van der Waals surface area contributed by atoms with Gasteiger partial charge in [-0.3, -0.25) is 4.72 Å². The Morgan fingerprint density at radius 2 is 1.36 bits per heavy atom. The standard InChI is InChI=1S/C20H26N2O4S2/c1-16-8-12-19(13-9-16)27(23,24)21-17-10-14-20(15-11-17)28(25,26)22(2)18-6-4-3-5-7-18/h8-15,18,21H,3-7H2,1-2H3. The maximum Gasteiger partial charge on any atom is 0.261 e. The molecule has 0 aromatic heterocycles. The van der Waals surface area contributed by atoms with E-state index in [0.717, 1.165) is 37.7 Å². The van der Waals surface area contributed by atoms with Gasteiger partial charge in [0.2, 0.25) is 10.0 Å². The SMILES string of the molecule is Cc1ccc(S(=O)(=O)Nc2ccc(S(=O)(=O)N(C)C3CCCCC3)cc2)cc1. The third-order valence-electron chi connectivity index (χ3n) is 5.20. The summed E-state index contributed by atoms with van der Waals surface area (Å²) in [5.74, 6) is 0. The zero-order valence-electron chi connectivity index (χ0n) is 16.1. The fourth-order valence-corrected chi connectivity index (χ4v) is 5.91. The quantitative estimate of drug-likeness (QED) is 0.768. The van der Waals surface area contributed by atoms with Gasteiger partial charge in [-0.1, -0.05) is 37.0 Å². The molecule has 1 N–H and O–H groups in total. The van der Waals surface area contributed by atoms with E-state index < -0.39 is 20.0 Å². The predicted molar refractivity (Wildman–Crippen MR) is 110 cm³/mol. The van der Waals surface area contributed by atoms with Crippen LogP contribution in [0, 0.1) is 6.92 Å². The Morgan fingerprint density at radius 3 is 1.93 bits per heavy atom. The molecule has 0 amide bonds. The normalized spacial score (nSPS) is 16.2. The van der Waals surface area contributed by atoms with Gasteiger partial charge in [0.25, 0.3) is 10.0 Å². The lowest BCUT2D eigenvalue weighted by molar-refractivity contribution is 0.286. The third-order valence-corrected chi connectivity index (χ3v) is 8.53. The van der Waals surface area contributed by atoms with Crippen molar-refractivity contribution in [2.45, 2.75) is 54.9 Å². The van der Waals surface area contributed by atoms with Gasteiger partial charge < -0.3 is 0 Å². The van der Waals surface area contributed by atoms with Crippen LogP contribution in [0.4, 0.5) is 5.69 Å². The number of hydrogen-bond donors (Lipinski definition) is 1. The van der Waals surface area contributed by atoms with Crippen LogP contribution in [0.3, 0.4) is 0 Å². The molecule has 2 aromatic rings. The lowest BCUT2D eigenvalue weighted by atomic mass is 9.96. The minimum Gasteiger partial charge on any atom is -0.280 e. The van der Waals surface area contributed by atoms with E-state index in [1.165, 1.54) is 40.7 Å². The minimum atomic E-state index is -3.72. The molecule has 28 heavy (non-hydrogen) atoms. The van der Waals surface area contributed by atoms with E-state index in [4.69, 9.17) is 0 Å². The molecule has 0 heterocycles. The molecule has 0 unspecified atom stereocenters. The molecule has 0 saturated heterocycles. The van der Waals surface area contributed by atoms with Crippen molar-refractivity contribution in [1.29, 1.82) is 0 Å². The molecule has 0 spiro atoms. The summed E-state index contributed by atoms with van der Waals surface area (Å²) in [7, 11) is -5.70. The van der Waals surface area contributed by atoms with Crippen molar-refractivity contribution in [3.05, 3.63) is 54.1 Å². The Hall–Kier alpha value is -1.90.